The van der Waals surface area contributed by atoms with Crippen LogP contribution in [-0.4, -0.2) is 22.8 Å². The van der Waals surface area contributed by atoms with Crippen LogP contribution >= 0.6 is 0 Å². The highest BCUT2D eigenvalue weighted by atomic mass is 19.4. The van der Waals surface area contributed by atoms with Gasteiger partial charge in [-0.1, -0.05) is 24.3 Å². The number of aromatic nitrogens is 2. The monoisotopic (exact) mass is 417 g/mol. The SMILES string of the molecule is COc1cccc(CNC(=O)c2nn(-c3ccccc3C(F)(F)F)c(C)cc2=O)c1. The molecule has 0 aliphatic rings. The van der Waals surface area contributed by atoms with Crippen LogP contribution in [0.3, 0.4) is 0 Å². The lowest BCUT2D eigenvalue weighted by Gasteiger charge is -2.16. The zero-order valence-electron chi connectivity index (χ0n) is 16.2. The van der Waals surface area contributed by atoms with Crippen molar-refractivity contribution in [1.29, 1.82) is 0 Å². The molecule has 30 heavy (non-hydrogen) atoms. The number of nitrogens with zero attached hydrogens (tertiary/aromatic N) is 2. The highest BCUT2D eigenvalue weighted by Gasteiger charge is 2.34. The Morgan fingerprint density at radius 3 is 2.57 bits per heavy atom. The highest BCUT2D eigenvalue weighted by Crippen LogP contribution is 2.33. The predicted molar refractivity (Wildman–Crippen MR) is 104 cm³/mol. The van der Waals surface area contributed by atoms with Crippen LogP contribution in [0, 0.1) is 6.92 Å². The molecule has 0 radical (unpaired) electrons. The number of carbonyl (C=O) groups excluding carboxylic acids is 1. The first-order valence-electron chi connectivity index (χ1n) is 8.89. The molecule has 0 saturated heterocycles. The van der Waals surface area contributed by atoms with Crippen molar-refractivity contribution in [3.8, 4) is 11.4 Å². The topological polar surface area (TPSA) is 73.2 Å². The fourth-order valence-electron chi connectivity index (χ4n) is 2.90. The van der Waals surface area contributed by atoms with Crippen LogP contribution in [0.2, 0.25) is 0 Å². The first-order valence-corrected chi connectivity index (χ1v) is 8.89. The summed E-state index contributed by atoms with van der Waals surface area (Å²) in [7, 11) is 1.51. The number of benzene rings is 2. The van der Waals surface area contributed by atoms with Crippen molar-refractivity contribution < 1.29 is 22.7 Å². The number of hydrogen-bond donors (Lipinski definition) is 1. The molecule has 1 aromatic heterocycles. The van der Waals surface area contributed by atoms with E-state index in [9.17, 15) is 22.8 Å². The lowest BCUT2D eigenvalue weighted by Crippen LogP contribution is -2.32. The average Bonchev–Trinajstić information content (AvgIpc) is 2.71. The van der Waals surface area contributed by atoms with Gasteiger partial charge in [0.25, 0.3) is 5.91 Å². The minimum absolute atomic E-state index is 0.0875. The second-order valence-electron chi connectivity index (χ2n) is 6.46. The van der Waals surface area contributed by atoms with Crippen LogP contribution in [-0.2, 0) is 12.7 Å². The maximum absolute atomic E-state index is 13.4. The molecular weight excluding hydrogens is 399 g/mol. The van der Waals surface area contributed by atoms with E-state index >= 15 is 0 Å². The van der Waals surface area contributed by atoms with Crippen molar-refractivity contribution in [2.45, 2.75) is 19.6 Å². The first-order chi connectivity index (χ1) is 14.2. The molecule has 1 amide bonds. The van der Waals surface area contributed by atoms with Crippen molar-refractivity contribution in [2.24, 2.45) is 0 Å². The third-order valence-corrected chi connectivity index (χ3v) is 4.35. The lowest BCUT2D eigenvalue weighted by atomic mass is 10.1. The summed E-state index contributed by atoms with van der Waals surface area (Å²) in [6, 6.07) is 12.8. The Morgan fingerprint density at radius 1 is 1.13 bits per heavy atom. The van der Waals surface area contributed by atoms with Gasteiger partial charge in [0.1, 0.15) is 5.75 Å². The number of alkyl halides is 3. The summed E-state index contributed by atoms with van der Waals surface area (Å²) >= 11 is 0. The molecule has 0 spiro atoms. The van der Waals surface area contributed by atoms with Gasteiger partial charge in [0.15, 0.2) is 5.69 Å². The number of rotatable bonds is 5. The fraction of sp³-hybridized carbons (Fsp3) is 0.190. The standard InChI is InChI=1S/C21H18F3N3O3/c1-13-10-18(28)19(20(29)25-12-14-6-5-7-15(11-14)30-2)26-27(13)17-9-4-3-8-16(17)21(22,23)24/h3-11H,12H2,1-2H3,(H,25,29). The van der Waals surface area contributed by atoms with Crippen molar-refractivity contribution in [3.05, 3.63) is 87.3 Å². The Hall–Kier alpha value is -3.62. The summed E-state index contributed by atoms with van der Waals surface area (Å²) in [4.78, 5) is 24.8. The van der Waals surface area contributed by atoms with Crippen molar-refractivity contribution in [1.82, 2.24) is 15.1 Å². The van der Waals surface area contributed by atoms with Gasteiger partial charge in [0.05, 0.1) is 18.4 Å². The molecule has 0 unspecified atom stereocenters. The molecule has 0 aliphatic heterocycles. The van der Waals surface area contributed by atoms with Gasteiger partial charge >= 0.3 is 6.18 Å². The van der Waals surface area contributed by atoms with E-state index in [0.29, 0.717) is 5.75 Å². The van der Waals surface area contributed by atoms with E-state index in [-0.39, 0.29) is 17.9 Å². The fourth-order valence-corrected chi connectivity index (χ4v) is 2.90. The van der Waals surface area contributed by atoms with Gasteiger partial charge in [-0.3, -0.25) is 9.59 Å². The molecule has 0 saturated carbocycles. The zero-order valence-corrected chi connectivity index (χ0v) is 16.2. The van der Waals surface area contributed by atoms with Crippen molar-refractivity contribution in [2.75, 3.05) is 7.11 Å². The lowest BCUT2D eigenvalue weighted by molar-refractivity contribution is -0.137. The summed E-state index contributed by atoms with van der Waals surface area (Å²) in [5.74, 6) is -0.192. The molecule has 9 heteroatoms. The summed E-state index contributed by atoms with van der Waals surface area (Å²) in [6.07, 6.45) is -4.62. The number of amides is 1. The third kappa shape index (κ3) is 4.51. The number of nitrogens with one attached hydrogen (secondary N) is 1. The zero-order chi connectivity index (χ0) is 21.9. The molecule has 0 atom stereocenters. The summed E-state index contributed by atoms with van der Waals surface area (Å²) < 4.78 is 46.2. The van der Waals surface area contributed by atoms with Gasteiger partial charge in [0.2, 0.25) is 5.43 Å². The maximum atomic E-state index is 13.4. The molecule has 0 aliphatic carbocycles. The van der Waals surface area contributed by atoms with Crippen LogP contribution in [0.5, 0.6) is 5.75 Å². The third-order valence-electron chi connectivity index (χ3n) is 4.35. The van der Waals surface area contributed by atoms with E-state index in [4.69, 9.17) is 4.74 Å². The summed E-state index contributed by atoms with van der Waals surface area (Å²) in [5.41, 5.74) is -1.49. The minimum Gasteiger partial charge on any atom is -0.497 e. The normalized spacial score (nSPS) is 11.2. The number of aryl methyl sites for hydroxylation is 1. The van der Waals surface area contributed by atoms with Gasteiger partial charge in [-0.25, -0.2) is 4.68 Å². The molecule has 3 aromatic rings. The molecule has 6 nitrogen and oxygen atoms in total. The van der Waals surface area contributed by atoms with Crippen LogP contribution in [0.4, 0.5) is 13.2 Å². The second kappa shape index (κ2) is 8.40. The van der Waals surface area contributed by atoms with E-state index < -0.39 is 28.8 Å². The number of methoxy groups -OCH3 is 1. The largest absolute Gasteiger partial charge is 0.497 e. The van der Waals surface area contributed by atoms with E-state index in [1.165, 1.54) is 32.2 Å². The molecular formula is C21H18F3N3O3. The number of ether oxygens (including phenoxy) is 1. The highest BCUT2D eigenvalue weighted by molar-refractivity contribution is 5.92. The summed E-state index contributed by atoms with van der Waals surface area (Å²) in [6.45, 7) is 1.53. The quantitative estimate of drug-likeness (QED) is 0.690. The Bertz CT molecular complexity index is 1140. The van der Waals surface area contributed by atoms with Crippen LogP contribution in [0.1, 0.15) is 27.3 Å². The Kier molecular flexibility index (Phi) is 5.91. The van der Waals surface area contributed by atoms with Crippen molar-refractivity contribution in [3.63, 3.8) is 0 Å². The van der Waals surface area contributed by atoms with Gasteiger partial charge in [-0.15, -0.1) is 0 Å². The van der Waals surface area contributed by atoms with Crippen molar-refractivity contribution >= 4 is 5.91 Å². The van der Waals surface area contributed by atoms with Crippen LogP contribution in [0.25, 0.3) is 5.69 Å². The second-order valence-corrected chi connectivity index (χ2v) is 6.46. The van der Waals surface area contributed by atoms with E-state index in [1.54, 1.807) is 24.3 Å². The molecule has 156 valence electrons. The predicted octanol–water partition coefficient (Wildman–Crippen LogP) is 3.50. The molecule has 1 heterocycles. The molecule has 1 N–H and O–H groups in total. The average molecular weight is 417 g/mol. The maximum Gasteiger partial charge on any atom is 0.418 e. The summed E-state index contributed by atoms with van der Waals surface area (Å²) in [5, 5.41) is 6.49. The number of para-hydroxylation sites is 1. The first kappa shape index (κ1) is 21.1. The molecule has 2 aromatic carbocycles. The number of halogens is 3. The molecule has 0 bridgehead atoms. The number of hydrogen-bond acceptors (Lipinski definition) is 4. The minimum atomic E-state index is -4.62. The van der Waals surface area contributed by atoms with E-state index in [2.05, 4.69) is 10.4 Å². The van der Waals surface area contributed by atoms with Crippen LogP contribution < -0.4 is 15.5 Å². The number of carbonyl (C=O) groups is 1. The van der Waals surface area contributed by atoms with Gasteiger partial charge in [-0.05, 0) is 36.8 Å². The Morgan fingerprint density at radius 2 is 1.87 bits per heavy atom. The Labute approximate surface area is 169 Å². The molecule has 3 rings (SSSR count). The van der Waals surface area contributed by atoms with Crippen LogP contribution in [0.15, 0.2) is 59.4 Å². The van der Waals surface area contributed by atoms with E-state index in [0.717, 1.165) is 22.4 Å². The smallest absolute Gasteiger partial charge is 0.418 e. The molecule has 0 fully saturated rings. The van der Waals surface area contributed by atoms with Gasteiger partial charge < -0.3 is 10.1 Å². The van der Waals surface area contributed by atoms with Gasteiger partial charge in [0, 0.05) is 18.3 Å². The van der Waals surface area contributed by atoms with Gasteiger partial charge in [-0.2, -0.15) is 18.3 Å². The van der Waals surface area contributed by atoms with E-state index in [1.807, 2.05) is 0 Å². The Balaban J connectivity index is 1.94.